The van der Waals surface area contributed by atoms with E-state index in [4.69, 9.17) is 16.3 Å². The number of halogens is 1. The Labute approximate surface area is 125 Å². The van der Waals surface area contributed by atoms with Crippen molar-refractivity contribution in [2.24, 2.45) is 0 Å². The summed E-state index contributed by atoms with van der Waals surface area (Å²) in [4.78, 5) is 8.69. The zero-order valence-corrected chi connectivity index (χ0v) is 12.3. The lowest BCUT2D eigenvalue weighted by atomic mass is 10.3. The zero-order chi connectivity index (χ0) is 13.9. The highest BCUT2D eigenvalue weighted by atomic mass is 35.5. The summed E-state index contributed by atoms with van der Waals surface area (Å²) in [5, 5.41) is 4.73. The van der Waals surface area contributed by atoms with Crippen LogP contribution < -0.4 is 10.1 Å². The molecule has 3 rings (SSSR count). The van der Waals surface area contributed by atoms with Gasteiger partial charge < -0.3 is 10.1 Å². The third-order valence-electron chi connectivity index (χ3n) is 2.65. The summed E-state index contributed by atoms with van der Waals surface area (Å²) in [6.07, 6.45) is 1.72. The number of ether oxygens (including phenoxy) is 1. The van der Waals surface area contributed by atoms with Crippen LogP contribution in [0.3, 0.4) is 0 Å². The molecule has 4 nitrogen and oxygen atoms in total. The third kappa shape index (κ3) is 2.69. The predicted octanol–water partition coefficient (Wildman–Crippen LogP) is 4.49. The molecule has 0 fully saturated rings. The Morgan fingerprint density at radius 2 is 2.20 bits per heavy atom. The molecule has 0 aliphatic heterocycles. The summed E-state index contributed by atoms with van der Waals surface area (Å²) < 4.78 is 6.29. The van der Waals surface area contributed by atoms with E-state index in [1.165, 1.54) is 11.3 Å². The first kappa shape index (κ1) is 13.1. The Balaban J connectivity index is 1.83. The number of nitrogens with zero attached hydrogens (tertiary/aromatic N) is 2. The highest BCUT2D eigenvalue weighted by molar-refractivity contribution is 7.22. The fraction of sp³-hybridized carbons (Fsp3) is 0.143. The highest BCUT2D eigenvalue weighted by Gasteiger charge is 2.07. The van der Waals surface area contributed by atoms with E-state index in [0.29, 0.717) is 12.5 Å². The van der Waals surface area contributed by atoms with Crippen molar-refractivity contribution in [2.75, 3.05) is 11.9 Å². The van der Waals surface area contributed by atoms with E-state index in [0.717, 1.165) is 26.1 Å². The van der Waals surface area contributed by atoms with Gasteiger partial charge >= 0.3 is 0 Å². The molecule has 0 atom stereocenters. The molecule has 1 N–H and O–H groups in total. The fourth-order valence-corrected chi connectivity index (χ4v) is 2.96. The summed E-state index contributed by atoms with van der Waals surface area (Å²) >= 11 is 7.66. The van der Waals surface area contributed by atoms with Gasteiger partial charge in [-0.1, -0.05) is 29.0 Å². The monoisotopic (exact) mass is 305 g/mol. The molecule has 3 aromatic rings. The Morgan fingerprint density at radius 1 is 1.30 bits per heavy atom. The maximum atomic E-state index is 6.14. The number of fused-ring (bicyclic) bond motifs is 1. The third-order valence-corrected chi connectivity index (χ3v) is 4.09. The summed E-state index contributed by atoms with van der Waals surface area (Å²) in [6.45, 7) is 2.54. The van der Waals surface area contributed by atoms with Gasteiger partial charge in [0.05, 0.1) is 33.7 Å². The van der Waals surface area contributed by atoms with Gasteiger partial charge in [-0.3, -0.25) is 0 Å². The Bertz CT molecular complexity index is 727. The van der Waals surface area contributed by atoms with Gasteiger partial charge in [-0.05, 0) is 25.1 Å². The molecule has 0 unspecified atom stereocenters. The maximum absolute atomic E-state index is 6.14. The number of rotatable bonds is 4. The molecule has 0 saturated heterocycles. The van der Waals surface area contributed by atoms with Crippen LogP contribution in [0.25, 0.3) is 10.2 Å². The molecule has 0 saturated carbocycles. The van der Waals surface area contributed by atoms with Gasteiger partial charge in [0.15, 0.2) is 5.13 Å². The Kier molecular flexibility index (Phi) is 3.71. The van der Waals surface area contributed by atoms with Gasteiger partial charge in [0.2, 0.25) is 5.88 Å². The average molecular weight is 306 g/mol. The van der Waals surface area contributed by atoms with Crippen LogP contribution in [-0.2, 0) is 0 Å². The quantitative estimate of drug-likeness (QED) is 0.771. The Morgan fingerprint density at radius 3 is 2.90 bits per heavy atom. The number of thiazole rings is 1. The van der Waals surface area contributed by atoms with E-state index < -0.39 is 0 Å². The minimum atomic E-state index is 0.607. The van der Waals surface area contributed by atoms with Gasteiger partial charge in [-0.25, -0.2) is 9.97 Å². The van der Waals surface area contributed by atoms with Crippen molar-refractivity contribution in [3.05, 3.63) is 41.6 Å². The molecule has 1 aromatic carbocycles. The molecule has 0 aliphatic rings. The lowest BCUT2D eigenvalue weighted by molar-refractivity contribution is 0.327. The topological polar surface area (TPSA) is 47.0 Å². The maximum Gasteiger partial charge on any atom is 0.213 e. The molecular formula is C14H12ClN3OS. The second-order valence-electron chi connectivity index (χ2n) is 4.05. The van der Waals surface area contributed by atoms with Gasteiger partial charge in [-0.15, -0.1) is 0 Å². The molecule has 0 bridgehead atoms. The van der Waals surface area contributed by atoms with Gasteiger partial charge in [0.1, 0.15) is 0 Å². The molecule has 0 amide bonds. The highest BCUT2D eigenvalue weighted by Crippen LogP contribution is 2.33. The summed E-state index contributed by atoms with van der Waals surface area (Å²) in [5.74, 6) is 0.616. The van der Waals surface area contributed by atoms with Crippen LogP contribution >= 0.6 is 22.9 Å². The SMILES string of the molecule is CCOc1ccc(Nc2nc3cccc(Cl)c3s2)cn1. The van der Waals surface area contributed by atoms with E-state index in [-0.39, 0.29) is 0 Å². The molecule has 2 heterocycles. The Hall–Kier alpha value is -1.85. The van der Waals surface area contributed by atoms with E-state index in [1.807, 2.05) is 37.3 Å². The summed E-state index contributed by atoms with van der Waals surface area (Å²) in [5.41, 5.74) is 1.76. The van der Waals surface area contributed by atoms with Crippen molar-refractivity contribution >= 4 is 44.0 Å². The summed E-state index contributed by atoms with van der Waals surface area (Å²) in [6, 6.07) is 9.44. The number of nitrogens with one attached hydrogen (secondary N) is 1. The van der Waals surface area contributed by atoms with Crippen LogP contribution in [0.15, 0.2) is 36.5 Å². The molecule has 6 heteroatoms. The molecule has 102 valence electrons. The first-order valence-corrected chi connectivity index (χ1v) is 7.36. The second kappa shape index (κ2) is 5.64. The average Bonchev–Trinajstić information content (AvgIpc) is 2.85. The minimum absolute atomic E-state index is 0.607. The first-order chi connectivity index (χ1) is 9.76. The minimum Gasteiger partial charge on any atom is -0.478 e. The van der Waals surface area contributed by atoms with E-state index in [2.05, 4.69) is 15.3 Å². The lowest BCUT2D eigenvalue weighted by Gasteiger charge is -2.04. The van der Waals surface area contributed by atoms with Crippen LogP contribution in [-0.4, -0.2) is 16.6 Å². The van der Waals surface area contributed by atoms with Gasteiger partial charge in [0.25, 0.3) is 0 Å². The van der Waals surface area contributed by atoms with Crippen molar-refractivity contribution < 1.29 is 4.74 Å². The standard InChI is InChI=1S/C14H12ClN3OS/c1-2-19-12-7-6-9(8-16-12)17-14-18-11-5-3-4-10(15)13(11)20-14/h3-8H,2H2,1H3,(H,17,18). The molecule has 0 aliphatic carbocycles. The largest absolute Gasteiger partial charge is 0.478 e. The number of hydrogen-bond donors (Lipinski definition) is 1. The molecule has 20 heavy (non-hydrogen) atoms. The van der Waals surface area contributed by atoms with Crippen LogP contribution in [0.4, 0.5) is 10.8 Å². The van der Waals surface area contributed by atoms with Crippen molar-refractivity contribution in [1.29, 1.82) is 0 Å². The van der Waals surface area contributed by atoms with Crippen molar-refractivity contribution in [3.8, 4) is 5.88 Å². The number of benzene rings is 1. The molecular weight excluding hydrogens is 294 g/mol. The van der Waals surface area contributed by atoms with E-state index in [1.54, 1.807) is 6.20 Å². The van der Waals surface area contributed by atoms with Crippen LogP contribution in [0.5, 0.6) is 5.88 Å². The van der Waals surface area contributed by atoms with Crippen LogP contribution in [0.1, 0.15) is 6.92 Å². The van der Waals surface area contributed by atoms with Crippen LogP contribution in [0.2, 0.25) is 5.02 Å². The van der Waals surface area contributed by atoms with Crippen molar-refractivity contribution in [3.63, 3.8) is 0 Å². The van der Waals surface area contributed by atoms with Crippen molar-refractivity contribution in [1.82, 2.24) is 9.97 Å². The number of anilines is 2. The summed E-state index contributed by atoms with van der Waals surface area (Å²) in [7, 11) is 0. The van der Waals surface area contributed by atoms with Crippen molar-refractivity contribution in [2.45, 2.75) is 6.92 Å². The van der Waals surface area contributed by atoms with Gasteiger partial charge in [-0.2, -0.15) is 0 Å². The second-order valence-corrected chi connectivity index (χ2v) is 5.46. The number of pyridine rings is 1. The lowest BCUT2D eigenvalue weighted by Crippen LogP contribution is -1.95. The normalized spacial score (nSPS) is 10.7. The molecule has 0 spiro atoms. The first-order valence-electron chi connectivity index (χ1n) is 6.17. The van der Waals surface area contributed by atoms with Gasteiger partial charge in [0, 0.05) is 6.07 Å². The predicted molar refractivity (Wildman–Crippen MR) is 83.3 cm³/mol. The molecule has 2 aromatic heterocycles. The van der Waals surface area contributed by atoms with E-state index >= 15 is 0 Å². The fourth-order valence-electron chi connectivity index (χ4n) is 1.78. The number of aromatic nitrogens is 2. The zero-order valence-electron chi connectivity index (χ0n) is 10.8. The van der Waals surface area contributed by atoms with E-state index in [9.17, 15) is 0 Å². The number of hydrogen-bond acceptors (Lipinski definition) is 5. The molecule has 0 radical (unpaired) electrons. The van der Waals surface area contributed by atoms with Crippen LogP contribution in [0, 0.1) is 0 Å². The smallest absolute Gasteiger partial charge is 0.213 e.